The van der Waals surface area contributed by atoms with E-state index >= 15 is 0 Å². The summed E-state index contributed by atoms with van der Waals surface area (Å²) in [5, 5.41) is 0. The van der Waals surface area contributed by atoms with Crippen molar-refractivity contribution < 1.29 is 14.3 Å². The topological polar surface area (TPSA) is 43.4 Å². The predicted octanol–water partition coefficient (Wildman–Crippen LogP) is 3.17. The van der Waals surface area contributed by atoms with Crippen LogP contribution in [-0.2, 0) is 16.0 Å². The molecule has 0 aliphatic heterocycles. The third kappa shape index (κ3) is 4.70. The molecule has 0 atom stereocenters. The Labute approximate surface area is 108 Å². The zero-order valence-corrected chi connectivity index (χ0v) is 11.1. The standard InChI is InChI=1S/C15H20O3/c1-3-5-9-14(16)13-8-6-7-12(10-13)11-15(17)18-4-2/h6-8,10H,3-5,9,11H2,1-2H3. The Morgan fingerprint density at radius 3 is 2.67 bits per heavy atom. The maximum atomic E-state index is 11.9. The molecule has 0 amide bonds. The van der Waals surface area contributed by atoms with Crippen LogP contribution >= 0.6 is 0 Å². The van der Waals surface area contributed by atoms with E-state index in [-0.39, 0.29) is 18.2 Å². The second-order valence-corrected chi connectivity index (χ2v) is 4.21. The van der Waals surface area contributed by atoms with Crippen molar-refractivity contribution in [1.29, 1.82) is 0 Å². The van der Waals surface area contributed by atoms with E-state index in [2.05, 4.69) is 6.92 Å². The maximum absolute atomic E-state index is 11.9. The van der Waals surface area contributed by atoms with Gasteiger partial charge in [0.2, 0.25) is 0 Å². The molecule has 0 aromatic heterocycles. The van der Waals surface area contributed by atoms with Crippen molar-refractivity contribution >= 4 is 11.8 Å². The van der Waals surface area contributed by atoms with Crippen molar-refractivity contribution in [1.82, 2.24) is 0 Å². The second kappa shape index (κ2) is 7.64. The minimum atomic E-state index is -0.254. The van der Waals surface area contributed by atoms with Crippen molar-refractivity contribution in [3.05, 3.63) is 35.4 Å². The van der Waals surface area contributed by atoms with Crippen LogP contribution in [0.1, 0.15) is 49.0 Å². The van der Waals surface area contributed by atoms with E-state index in [0.29, 0.717) is 18.6 Å². The fraction of sp³-hybridized carbons (Fsp3) is 0.467. The summed E-state index contributed by atoms with van der Waals surface area (Å²) in [5.41, 5.74) is 1.51. The van der Waals surface area contributed by atoms with Gasteiger partial charge in [0.15, 0.2) is 5.78 Å². The van der Waals surface area contributed by atoms with Crippen LogP contribution in [0.3, 0.4) is 0 Å². The highest BCUT2D eigenvalue weighted by Crippen LogP contribution is 2.11. The first-order chi connectivity index (χ1) is 8.67. The molecule has 0 saturated heterocycles. The van der Waals surface area contributed by atoms with Crippen LogP contribution < -0.4 is 0 Å². The molecule has 0 N–H and O–H groups in total. The third-order valence-corrected chi connectivity index (χ3v) is 2.66. The van der Waals surface area contributed by atoms with Gasteiger partial charge in [0.05, 0.1) is 13.0 Å². The van der Waals surface area contributed by atoms with E-state index < -0.39 is 0 Å². The van der Waals surface area contributed by atoms with Gasteiger partial charge in [0.25, 0.3) is 0 Å². The fourth-order valence-corrected chi connectivity index (χ4v) is 1.72. The Kier molecular flexibility index (Phi) is 6.12. The smallest absolute Gasteiger partial charge is 0.310 e. The predicted molar refractivity (Wildman–Crippen MR) is 70.6 cm³/mol. The van der Waals surface area contributed by atoms with E-state index in [1.807, 2.05) is 12.1 Å². The number of benzene rings is 1. The van der Waals surface area contributed by atoms with Crippen LogP contribution in [0.25, 0.3) is 0 Å². The Morgan fingerprint density at radius 2 is 2.00 bits per heavy atom. The molecule has 0 aliphatic rings. The molecule has 0 bridgehead atoms. The lowest BCUT2D eigenvalue weighted by Gasteiger charge is -2.04. The molecular weight excluding hydrogens is 228 g/mol. The number of carbonyl (C=O) groups excluding carboxylic acids is 2. The lowest BCUT2D eigenvalue weighted by Crippen LogP contribution is -2.08. The lowest BCUT2D eigenvalue weighted by molar-refractivity contribution is -0.142. The van der Waals surface area contributed by atoms with Gasteiger partial charge in [-0.3, -0.25) is 9.59 Å². The van der Waals surface area contributed by atoms with Gasteiger partial charge in [-0.25, -0.2) is 0 Å². The molecule has 0 radical (unpaired) electrons. The molecule has 98 valence electrons. The number of ketones is 1. The number of carbonyl (C=O) groups is 2. The van der Waals surface area contributed by atoms with E-state index in [1.165, 1.54) is 0 Å². The molecule has 0 fully saturated rings. The first-order valence-electron chi connectivity index (χ1n) is 6.45. The van der Waals surface area contributed by atoms with Crippen molar-refractivity contribution in [2.24, 2.45) is 0 Å². The molecule has 0 spiro atoms. The monoisotopic (exact) mass is 248 g/mol. The average molecular weight is 248 g/mol. The van der Waals surface area contributed by atoms with Gasteiger partial charge in [-0.2, -0.15) is 0 Å². The van der Waals surface area contributed by atoms with Gasteiger partial charge in [-0.1, -0.05) is 31.5 Å². The highest BCUT2D eigenvalue weighted by Gasteiger charge is 2.08. The Hall–Kier alpha value is -1.64. The van der Waals surface area contributed by atoms with Gasteiger partial charge in [-0.15, -0.1) is 0 Å². The van der Waals surface area contributed by atoms with Gasteiger partial charge in [-0.05, 0) is 25.0 Å². The van der Waals surface area contributed by atoms with Crippen molar-refractivity contribution in [2.75, 3.05) is 6.61 Å². The summed E-state index contributed by atoms with van der Waals surface area (Å²) >= 11 is 0. The minimum absolute atomic E-state index is 0.141. The third-order valence-electron chi connectivity index (χ3n) is 2.66. The van der Waals surface area contributed by atoms with Gasteiger partial charge in [0.1, 0.15) is 0 Å². The first kappa shape index (κ1) is 14.4. The number of esters is 1. The zero-order valence-electron chi connectivity index (χ0n) is 11.1. The van der Waals surface area contributed by atoms with Gasteiger partial charge in [0, 0.05) is 12.0 Å². The number of hydrogen-bond acceptors (Lipinski definition) is 3. The van der Waals surface area contributed by atoms with Crippen molar-refractivity contribution in [3.63, 3.8) is 0 Å². The normalized spacial score (nSPS) is 10.1. The van der Waals surface area contributed by atoms with Crippen LogP contribution in [0, 0.1) is 0 Å². The van der Waals surface area contributed by atoms with Crippen LogP contribution in [0.5, 0.6) is 0 Å². The summed E-state index contributed by atoms with van der Waals surface area (Å²) in [6, 6.07) is 7.24. The van der Waals surface area contributed by atoms with E-state index in [9.17, 15) is 9.59 Å². The van der Waals surface area contributed by atoms with Crippen LogP contribution in [0.4, 0.5) is 0 Å². The fourth-order valence-electron chi connectivity index (χ4n) is 1.72. The first-order valence-corrected chi connectivity index (χ1v) is 6.45. The highest BCUT2D eigenvalue weighted by atomic mass is 16.5. The SMILES string of the molecule is CCCCC(=O)c1cccc(CC(=O)OCC)c1. The van der Waals surface area contributed by atoms with Gasteiger partial charge < -0.3 is 4.74 Å². The number of ether oxygens (including phenoxy) is 1. The second-order valence-electron chi connectivity index (χ2n) is 4.21. The van der Waals surface area contributed by atoms with Crippen LogP contribution in [-0.4, -0.2) is 18.4 Å². The van der Waals surface area contributed by atoms with Crippen LogP contribution in [0.15, 0.2) is 24.3 Å². The molecule has 3 heteroatoms. The lowest BCUT2D eigenvalue weighted by atomic mass is 10.0. The van der Waals surface area contributed by atoms with Gasteiger partial charge >= 0.3 is 5.97 Å². The quantitative estimate of drug-likeness (QED) is 0.550. The van der Waals surface area contributed by atoms with Crippen molar-refractivity contribution in [3.8, 4) is 0 Å². The molecular formula is C15H20O3. The molecule has 1 rings (SSSR count). The zero-order chi connectivity index (χ0) is 13.4. The molecule has 0 unspecified atom stereocenters. The molecule has 0 aliphatic carbocycles. The molecule has 0 heterocycles. The molecule has 18 heavy (non-hydrogen) atoms. The summed E-state index contributed by atoms with van der Waals surface area (Å²) in [7, 11) is 0. The molecule has 1 aromatic rings. The molecule has 3 nitrogen and oxygen atoms in total. The summed E-state index contributed by atoms with van der Waals surface area (Å²) in [6.07, 6.45) is 2.71. The van der Waals surface area contributed by atoms with E-state index in [0.717, 1.165) is 18.4 Å². The number of hydrogen-bond donors (Lipinski definition) is 0. The number of rotatable bonds is 7. The highest BCUT2D eigenvalue weighted by molar-refractivity contribution is 5.96. The Morgan fingerprint density at radius 1 is 1.22 bits per heavy atom. The Bertz CT molecular complexity index is 410. The largest absolute Gasteiger partial charge is 0.466 e. The maximum Gasteiger partial charge on any atom is 0.310 e. The van der Waals surface area contributed by atoms with E-state index in [4.69, 9.17) is 4.74 Å². The summed E-state index contributed by atoms with van der Waals surface area (Å²) < 4.78 is 4.89. The minimum Gasteiger partial charge on any atom is -0.466 e. The molecule has 0 saturated carbocycles. The van der Waals surface area contributed by atoms with E-state index in [1.54, 1.807) is 19.1 Å². The number of unbranched alkanes of at least 4 members (excludes halogenated alkanes) is 1. The average Bonchev–Trinajstić information content (AvgIpc) is 2.36. The summed E-state index contributed by atoms with van der Waals surface area (Å²) in [5.74, 6) is -0.113. The summed E-state index contributed by atoms with van der Waals surface area (Å²) in [6.45, 7) is 4.22. The number of Topliss-reactive ketones (excluding diaryl/α,β-unsaturated/α-hetero) is 1. The Balaban J connectivity index is 2.67. The van der Waals surface area contributed by atoms with Crippen molar-refractivity contribution in [2.45, 2.75) is 39.5 Å². The summed E-state index contributed by atoms with van der Waals surface area (Å²) in [4.78, 5) is 23.2. The van der Waals surface area contributed by atoms with Crippen LogP contribution in [0.2, 0.25) is 0 Å². The molecule has 1 aromatic carbocycles.